The van der Waals surface area contributed by atoms with Crippen LogP contribution in [0.4, 0.5) is 42.2 Å². The molecule has 0 bridgehead atoms. The van der Waals surface area contributed by atoms with E-state index < -0.39 is 29.3 Å². The molecule has 13 heteroatoms. The van der Waals surface area contributed by atoms with Gasteiger partial charge < -0.3 is 9.64 Å². The highest BCUT2D eigenvalue weighted by atomic mass is 19.4. The monoisotopic (exact) mass is 597 g/mol. The summed E-state index contributed by atoms with van der Waals surface area (Å²) in [6, 6.07) is 18.2. The molecule has 4 aromatic carbocycles. The van der Waals surface area contributed by atoms with E-state index in [1.54, 1.807) is 36.2 Å². The zero-order chi connectivity index (χ0) is 30.5. The van der Waals surface area contributed by atoms with E-state index in [-0.39, 0.29) is 17.3 Å². The maximum absolute atomic E-state index is 15.4. The van der Waals surface area contributed by atoms with Gasteiger partial charge in [0.1, 0.15) is 17.9 Å². The molecule has 6 rings (SSSR count). The lowest BCUT2D eigenvalue weighted by Gasteiger charge is -2.22. The van der Waals surface area contributed by atoms with Crippen LogP contribution in [0.25, 0.3) is 27.8 Å². The fourth-order valence-electron chi connectivity index (χ4n) is 4.59. The lowest BCUT2D eigenvalue weighted by atomic mass is 10.0. The molecule has 0 radical (unpaired) electrons. The molecule has 2 heterocycles. The Morgan fingerprint density at radius 3 is 2.07 bits per heavy atom. The third kappa shape index (κ3) is 5.41. The Balaban J connectivity index is 1.38. The number of nitrogens with zero attached hydrogens (tertiary/aromatic N) is 5. The number of alkyl halides is 6. The zero-order valence-electron chi connectivity index (χ0n) is 22.0. The number of ether oxygens (including phenoxy) is 1. The molecule has 0 saturated heterocycles. The third-order valence-corrected chi connectivity index (χ3v) is 6.79. The van der Waals surface area contributed by atoms with Gasteiger partial charge in [-0.05, 0) is 65.7 Å². The predicted molar refractivity (Wildman–Crippen MR) is 145 cm³/mol. The Bertz CT molecular complexity index is 1950. The van der Waals surface area contributed by atoms with Gasteiger partial charge in [-0.2, -0.15) is 31.3 Å². The predicted octanol–water partition coefficient (Wildman–Crippen LogP) is 8.68. The van der Waals surface area contributed by atoms with Crippen molar-refractivity contribution in [2.24, 2.45) is 0 Å². The van der Waals surface area contributed by atoms with Crippen molar-refractivity contribution < 1.29 is 35.5 Å². The molecule has 6 aromatic rings. The Labute approximate surface area is 238 Å². The van der Waals surface area contributed by atoms with Gasteiger partial charge in [0.2, 0.25) is 0 Å². The number of anilines is 2. The Hall–Kier alpha value is -5.20. The summed E-state index contributed by atoms with van der Waals surface area (Å²) in [7, 11) is 1.69. The van der Waals surface area contributed by atoms with Gasteiger partial charge in [0.15, 0.2) is 11.6 Å². The van der Waals surface area contributed by atoms with Gasteiger partial charge >= 0.3 is 12.4 Å². The van der Waals surface area contributed by atoms with Crippen molar-refractivity contribution in [3.8, 4) is 22.6 Å². The molecular formula is C30H18F7N5O. The fourth-order valence-corrected chi connectivity index (χ4v) is 4.59. The summed E-state index contributed by atoms with van der Waals surface area (Å²) < 4.78 is 100. The maximum Gasteiger partial charge on any atom is 0.416 e. The first kappa shape index (κ1) is 27.9. The first-order valence-corrected chi connectivity index (χ1v) is 12.6. The first-order chi connectivity index (χ1) is 20.4. The number of aromatic nitrogens is 4. The topological polar surface area (TPSA) is 55.6 Å². The average molecular weight is 597 g/mol. The molecule has 2 aromatic heterocycles. The number of halogens is 7. The van der Waals surface area contributed by atoms with Crippen LogP contribution in [0.1, 0.15) is 11.1 Å². The highest BCUT2D eigenvalue weighted by Gasteiger charge is 2.31. The van der Waals surface area contributed by atoms with Crippen LogP contribution >= 0.6 is 0 Å². The first-order valence-electron chi connectivity index (χ1n) is 12.6. The summed E-state index contributed by atoms with van der Waals surface area (Å²) in [5, 5.41) is 8.23. The van der Waals surface area contributed by atoms with Crippen LogP contribution < -0.4 is 9.64 Å². The fraction of sp³-hybridized carbons (Fsp3) is 0.100. The molecule has 43 heavy (non-hydrogen) atoms. The van der Waals surface area contributed by atoms with Crippen molar-refractivity contribution in [2.75, 3.05) is 11.9 Å². The van der Waals surface area contributed by atoms with Gasteiger partial charge in [-0.3, -0.25) is 4.40 Å². The van der Waals surface area contributed by atoms with Gasteiger partial charge in [-0.1, -0.05) is 24.3 Å². The normalized spacial score (nSPS) is 12.2. The Kier molecular flexibility index (Phi) is 6.67. The number of hydrogen-bond acceptors (Lipinski definition) is 5. The van der Waals surface area contributed by atoms with Crippen molar-refractivity contribution in [3.05, 3.63) is 108 Å². The van der Waals surface area contributed by atoms with Gasteiger partial charge in [-0.25, -0.2) is 4.39 Å². The quantitative estimate of drug-likeness (QED) is 0.186. The molecule has 0 aliphatic rings. The highest BCUT2D eigenvalue weighted by molar-refractivity contribution is 5.94. The van der Waals surface area contributed by atoms with Crippen molar-refractivity contribution in [1.29, 1.82) is 0 Å². The van der Waals surface area contributed by atoms with Gasteiger partial charge in [0.05, 0.1) is 16.6 Å². The van der Waals surface area contributed by atoms with E-state index in [0.717, 1.165) is 36.4 Å². The van der Waals surface area contributed by atoms with E-state index >= 15 is 4.39 Å². The second-order valence-electron chi connectivity index (χ2n) is 9.54. The minimum Gasteiger partial charge on any atom is -0.454 e. The molecule has 0 atom stereocenters. The standard InChI is InChI=1S/C30H18F7N5O/c1-41(21-4-2-3-18(13-21)17-5-7-19(8-6-17)29(32,33)34)27-23-14-24(31)26(15-25(23)42-16-38-40-28(42)39-27)43-22-11-9-20(10-12-22)30(35,36)37/h2-16H,1H3. The zero-order valence-corrected chi connectivity index (χ0v) is 22.0. The van der Waals surface area contributed by atoms with Crippen LogP contribution in [-0.4, -0.2) is 26.6 Å². The molecule has 218 valence electrons. The third-order valence-electron chi connectivity index (χ3n) is 6.79. The summed E-state index contributed by atoms with van der Waals surface area (Å²) in [5.74, 6) is -0.570. The number of hydrogen-bond donors (Lipinski definition) is 0. The lowest BCUT2D eigenvalue weighted by molar-refractivity contribution is -0.138. The van der Waals surface area contributed by atoms with Crippen LogP contribution in [-0.2, 0) is 12.4 Å². The number of rotatable bonds is 5. The van der Waals surface area contributed by atoms with Crippen LogP contribution in [0.2, 0.25) is 0 Å². The molecule has 0 fully saturated rings. The SMILES string of the molecule is CN(c1cccc(-c2ccc(C(F)(F)F)cc2)c1)c1nc2nncn2c2cc(Oc3ccc(C(F)(F)F)cc3)c(F)cc12. The van der Waals surface area contributed by atoms with Gasteiger partial charge in [0, 0.05) is 24.2 Å². The van der Waals surface area contributed by atoms with E-state index in [0.29, 0.717) is 33.5 Å². The van der Waals surface area contributed by atoms with E-state index in [4.69, 9.17) is 4.74 Å². The average Bonchev–Trinajstić information content (AvgIpc) is 3.45. The smallest absolute Gasteiger partial charge is 0.416 e. The molecule has 0 saturated carbocycles. The van der Waals surface area contributed by atoms with E-state index in [9.17, 15) is 26.3 Å². The summed E-state index contributed by atoms with van der Waals surface area (Å²) in [5.41, 5.74) is 0.575. The van der Waals surface area contributed by atoms with Crippen LogP contribution in [0.3, 0.4) is 0 Å². The molecule has 6 nitrogen and oxygen atoms in total. The summed E-state index contributed by atoms with van der Waals surface area (Å²) in [6.07, 6.45) is -7.61. The van der Waals surface area contributed by atoms with Crippen LogP contribution in [0, 0.1) is 5.82 Å². The van der Waals surface area contributed by atoms with Crippen molar-refractivity contribution in [1.82, 2.24) is 19.6 Å². The molecule has 0 amide bonds. The van der Waals surface area contributed by atoms with E-state index in [1.807, 2.05) is 0 Å². The summed E-state index contributed by atoms with van der Waals surface area (Å²) in [6.45, 7) is 0. The minimum atomic E-state index is -4.53. The van der Waals surface area contributed by atoms with Gasteiger partial charge in [-0.15, -0.1) is 10.2 Å². The Morgan fingerprint density at radius 1 is 0.767 bits per heavy atom. The van der Waals surface area contributed by atoms with Crippen molar-refractivity contribution >= 4 is 28.2 Å². The molecule has 0 N–H and O–H groups in total. The summed E-state index contributed by atoms with van der Waals surface area (Å²) >= 11 is 0. The summed E-state index contributed by atoms with van der Waals surface area (Å²) in [4.78, 5) is 6.21. The second-order valence-corrected chi connectivity index (χ2v) is 9.54. The van der Waals surface area contributed by atoms with Crippen LogP contribution in [0.5, 0.6) is 11.5 Å². The number of fused-ring (bicyclic) bond motifs is 3. The maximum atomic E-state index is 15.4. The largest absolute Gasteiger partial charge is 0.454 e. The van der Waals surface area contributed by atoms with E-state index in [2.05, 4.69) is 15.2 Å². The second kappa shape index (κ2) is 10.3. The molecule has 0 unspecified atom stereocenters. The number of benzene rings is 4. The lowest BCUT2D eigenvalue weighted by Crippen LogP contribution is -2.13. The van der Waals surface area contributed by atoms with Crippen LogP contribution in [0.15, 0.2) is 91.3 Å². The molecule has 0 spiro atoms. The van der Waals surface area contributed by atoms with E-state index in [1.165, 1.54) is 35.0 Å². The highest BCUT2D eigenvalue weighted by Crippen LogP contribution is 2.37. The molecule has 0 aliphatic heterocycles. The molecular weight excluding hydrogens is 579 g/mol. The van der Waals surface area contributed by atoms with Crippen molar-refractivity contribution in [3.63, 3.8) is 0 Å². The minimum absolute atomic E-state index is 0.00210. The Morgan fingerprint density at radius 2 is 1.42 bits per heavy atom. The van der Waals surface area contributed by atoms with Crippen molar-refractivity contribution in [2.45, 2.75) is 12.4 Å². The molecule has 0 aliphatic carbocycles. The van der Waals surface area contributed by atoms with Gasteiger partial charge in [0.25, 0.3) is 5.78 Å².